The third-order valence-electron chi connectivity index (χ3n) is 4.22. The number of rotatable bonds is 4. The van der Waals surface area contributed by atoms with E-state index in [1.54, 1.807) is 13.2 Å². The van der Waals surface area contributed by atoms with Gasteiger partial charge >= 0.3 is 0 Å². The normalized spacial score (nSPS) is 24.7. The van der Waals surface area contributed by atoms with Crippen LogP contribution in [0.2, 0.25) is 0 Å². The Morgan fingerprint density at radius 2 is 2.30 bits per heavy atom. The SMILES string of the molecule is CCn1ccnc1[C@H]1OCC[C@@H]1NC(=O)C1=NN(C)C(=O)CC1. The fourth-order valence-electron chi connectivity index (χ4n) is 2.92. The molecule has 2 amide bonds. The Morgan fingerprint density at radius 3 is 3.04 bits per heavy atom. The highest BCUT2D eigenvalue weighted by Gasteiger charge is 2.35. The summed E-state index contributed by atoms with van der Waals surface area (Å²) in [6.07, 6.45) is 4.81. The van der Waals surface area contributed by atoms with Gasteiger partial charge in [-0.25, -0.2) is 9.99 Å². The number of carbonyl (C=O) groups excluding carboxylic acids is 2. The molecule has 0 aromatic carbocycles. The molecular formula is C15H21N5O3. The molecule has 0 bridgehead atoms. The van der Waals surface area contributed by atoms with E-state index < -0.39 is 0 Å². The second-order valence-electron chi connectivity index (χ2n) is 5.70. The number of aromatic nitrogens is 2. The van der Waals surface area contributed by atoms with Gasteiger partial charge in [0.15, 0.2) is 0 Å². The lowest BCUT2D eigenvalue weighted by atomic mass is 10.1. The first kappa shape index (κ1) is 15.7. The van der Waals surface area contributed by atoms with Crippen LogP contribution in [0, 0.1) is 0 Å². The molecule has 3 rings (SSSR count). The molecule has 8 nitrogen and oxygen atoms in total. The summed E-state index contributed by atoms with van der Waals surface area (Å²) >= 11 is 0. The number of imidazole rings is 1. The summed E-state index contributed by atoms with van der Waals surface area (Å²) in [6, 6.07) is -0.138. The van der Waals surface area contributed by atoms with Crippen LogP contribution in [0.5, 0.6) is 0 Å². The zero-order valence-corrected chi connectivity index (χ0v) is 13.4. The van der Waals surface area contributed by atoms with Gasteiger partial charge in [-0.1, -0.05) is 0 Å². The standard InChI is InChI=1S/C15H21N5O3/c1-3-20-8-7-16-14(20)13-10(6-9-23-13)17-15(22)11-4-5-12(21)19(2)18-11/h7-8,10,13H,3-6,9H2,1-2H3,(H,17,22)/t10-,13-/m0/s1. The molecule has 1 aromatic heterocycles. The van der Waals surface area contributed by atoms with Crippen LogP contribution in [0.4, 0.5) is 0 Å². The van der Waals surface area contributed by atoms with Gasteiger partial charge in [0.2, 0.25) is 5.91 Å². The van der Waals surface area contributed by atoms with E-state index >= 15 is 0 Å². The summed E-state index contributed by atoms with van der Waals surface area (Å²) in [5.74, 6) is 0.515. The van der Waals surface area contributed by atoms with E-state index in [2.05, 4.69) is 15.4 Å². The number of carbonyl (C=O) groups is 2. The fourth-order valence-corrected chi connectivity index (χ4v) is 2.92. The van der Waals surface area contributed by atoms with Crippen molar-refractivity contribution in [1.82, 2.24) is 19.9 Å². The monoisotopic (exact) mass is 319 g/mol. The van der Waals surface area contributed by atoms with Gasteiger partial charge in [0.1, 0.15) is 17.6 Å². The fraction of sp³-hybridized carbons (Fsp3) is 0.600. The second kappa shape index (κ2) is 6.49. The maximum atomic E-state index is 12.4. The molecule has 1 aromatic rings. The van der Waals surface area contributed by atoms with Gasteiger partial charge in [-0.3, -0.25) is 9.59 Å². The highest BCUT2D eigenvalue weighted by Crippen LogP contribution is 2.28. The molecule has 0 radical (unpaired) electrons. The lowest BCUT2D eigenvalue weighted by Gasteiger charge is -2.23. The Hall–Kier alpha value is -2.22. The number of nitrogens with zero attached hydrogens (tertiary/aromatic N) is 4. The first-order valence-corrected chi connectivity index (χ1v) is 7.87. The number of ether oxygens (including phenoxy) is 1. The molecule has 124 valence electrons. The summed E-state index contributed by atoms with van der Waals surface area (Å²) in [4.78, 5) is 28.2. The van der Waals surface area contributed by atoms with Crippen LogP contribution in [-0.2, 0) is 20.9 Å². The molecule has 1 saturated heterocycles. The van der Waals surface area contributed by atoms with E-state index in [1.165, 1.54) is 5.01 Å². The number of nitrogens with one attached hydrogen (secondary N) is 1. The molecular weight excluding hydrogens is 298 g/mol. The Labute approximate surface area is 134 Å². The van der Waals surface area contributed by atoms with Gasteiger partial charge in [0.05, 0.1) is 6.04 Å². The number of hydrogen-bond donors (Lipinski definition) is 1. The third-order valence-corrected chi connectivity index (χ3v) is 4.22. The molecule has 0 aliphatic carbocycles. The van der Waals surface area contributed by atoms with Gasteiger partial charge in [-0.05, 0) is 13.3 Å². The zero-order chi connectivity index (χ0) is 16.4. The number of aryl methyl sites for hydroxylation is 1. The molecule has 2 aliphatic heterocycles. The van der Waals surface area contributed by atoms with E-state index in [4.69, 9.17) is 4.74 Å². The summed E-state index contributed by atoms with van der Waals surface area (Å²) in [6.45, 7) is 3.42. The van der Waals surface area contributed by atoms with Crippen molar-refractivity contribution >= 4 is 17.5 Å². The van der Waals surface area contributed by atoms with Crippen LogP contribution in [0.1, 0.15) is 38.1 Å². The van der Waals surface area contributed by atoms with Crippen molar-refractivity contribution in [2.75, 3.05) is 13.7 Å². The highest BCUT2D eigenvalue weighted by molar-refractivity contribution is 6.39. The number of hydrazone groups is 1. The van der Waals surface area contributed by atoms with E-state index in [0.29, 0.717) is 25.2 Å². The minimum atomic E-state index is -0.252. The molecule has 0 spiro atoms. The molecule has 0 saturated carbocycles. The van der Waals surface area contributed by atoms with Crippen LogP contribution in [0.25, 0.3) is 0 Å². The van der Waals surface area contributed by atoms with Gasteiger partial charge in [0.25, 0.3) is 5.91 Å². The Balaban J connectivity index is 1.71. The third kappa shape index (κ3) is 3.12. The van der Waals surface area contributed by atoms with Crippen LogP contribution >= 0.6 is 0 Å². The average Bonchev–Trinajstić information content (AvgIpc) is 3.17. The number of amides is 2. The summed E-state index contributed by atoms with van der Waals surface area (Å²) in [7, 11) is 1.56. The molecule has 8 heteroatoms. The molecule has 0 unspecified atom stereocenters. The first-order chi connectivity index (χ1) is 11.1. The molecule has 3 heterocycles. The van der Waals surface area contributed by atoms with Crippen molar-refractivity contribution in [3.63, 3.8) is 0 Å². The van der Waals surface area contributed by atoms with Crippen molar-refractivity contribution in [1.29, 1.82) is 0 Å². The van der Waals surface area contributed by atoms with Gasteiger partial charge in [0, 0.05) is 45.4 Å². The molecule has 1 N–H and O–H groups in total. The average molecular weight is 319 g/mol. The van der Waals surface area contributed by atoms with E-state index in [1.807, 2.05) is 17.7 Å². The molecule has 2 aliphatic rings. The van der Waals surface area contributed by atoms with Gasteiger partial charge < -0.3 is 14.6 Å². The number of hydrogen-bond acceptors (Lipinski definition) is 5. The maximum Gasteiger partial charge on any atom is 0.267 e. The zero-order valence-electron chi connectivity index (χ0n) is 13.4. The molecule has 2 atom stereocenters. The van der Waals surface area contributed by atoms with Crippen molar-refractivity contribution < 1.29 is 14.3 Å². The summed E-state index contributed by atoms with van der Waals surface area (Å²) < 4.78 is 7.79. The predicted molar refractivity (Wildman–Crippen MR) is 82.6 cm³/mol. The lowest BCUT2D eigenvalue weighted by molar-refractivity contribution is -0.130. The predicted octanol–water partition coefficient (Wildman–Crippen LogP) is 0.457. The van der Waals surface area contributed by atoms with Gasteiger partial charge in [-0.2, -0.15) is 5.10 Å². The van der Waals surface area contributed by atoms with Crippen LogP contribution in [-0.4, -0.2) is 51.8 Å². The Morgan fingerprint density at radius 1 is 1.48 bits per heavy atom. The molecule has 23 heavy (non-hydrogen) atoms. The Kier molecular flexibility index (Phi) is 4.42. The van der Waals surface area contributed by atoms with E-state index in [-0.39, 0.29) is 24.0 Å². The van der Waals surface area contributed by atoms with Crippen molar-refractivity contribution in [2.45, 2.75) is 44.9 Å². The minimum Gasteiger partial charge on any atom is -0.368 e. The van der Waals surface area contributed by atoms with Crippen LogP contribution < -0.4 is 5.32 Å². The minimum absolute atomic E-state index is 0.0754. The van der Waals surface area contributed by atoms with E-state index in [9.17, 15) is 9.59 Å². The largest absolute Gasteiger partial charge is 0.368 e. The quantitative estimate of drug-likeness (QED) is 0.873. The van der Waals surface area contributed by atoms with Crippen molar-refractivity contribution in [3.8, 4) is 0 Å². The van der Waals surface area contributed by atoms with Crippen molar-refractivity contribution in [2.24, 2.45) is 5.10 Å². The van der Waals surface area contributed by atoms with Gasteiger partial charge in [-0.15, -0.1) is 0 Å². The van der Waals surface area contributed by atoms with Crippen molar-refractivity contribution in [3.05, 3.63) is 18.2 Å². The lowest BCUT2D eigenvalue weighted by Crippen LogP contribution is -2.43. The van der Waals surface area contributed by atoms with Crippen LogP contribution in [0.15, 0.2) is 17.5 Å². The van der Waals surface area contributed by atoms with E-state index in [0.717, 1.165) is 18.8 Å². The maximum absolute atomic E-state index is 12.4. The first-order valence-electron chi connectivity index (χ1n) is 7.87. The topological polar surface area (TPSA) is 88.8 Å². The Bertz CT molecular complexity index is 639. The summed E-state index contributed by atoms with van der Waals surface area (Å²) in [5, 5.41) is 8.27. The second-order valence-corrected chi connectivity index (χ2v) is 5.70. The smallest absolute Gasteiger partial charge is 0.267 e. The molecule has 1 fully saturated rings. The van der Waals surface area contributed by atoms with Crippen LogP contribution in [0.3, 0.4) is 0 Å². The summed E-state index contributed by atoms with van der Waals surface area (Å²) in [5.41, 5.74) is 0.386. The highest BCUT2D eigenvalue weighted by atomic mass is 16.5.